The van der Waals surface area contributed by atoms with Gasteiger partial charge < -0.3 is 4.90 Å². The second kappa shape index (κ2) is 4.82. The van der Waals surface area contributed by atoms with Gasteiger partial charge in [0, 0.05) is 13.1 Å². The summed E-state index contributed by atoms with van der Waals surface area (Å²) in [6, 6.07) is 0. The van der Waals surface area contributed by atoms with Gasteiger partial charge in [0.05, 0.1) is 0 Å². The normalized spacial score (nSPS) is 21.5. The van der Waals surface area contributed by atoms with Crippen LogP contribution in [0.2, 0.25) is 0 Å². The van der Waals surface area contributed by atoms with E-state index in [1.165, 1.54) is 0 Å². The quantitative estimate of drug-likeness (QED) is 0.695. The van der Waals surface area contributed by atoms with Crippen LogP contribution in [0.25, 0.3) is 0 Å². The minimum Gasteiger partial charge on any atom is -0.337 e. The number of alkyl halides is 4. The molecule has 1 rings (SSSR count). The molecule has 1 saturated heterocycles. The number of rotatable bonds is 2. The van der Waals surface area contributed by atoms with Crippen LogP contribution in [0.4, 0.5) is 17.6 Å². The summed E-state index contributed by atoms with van der Waals surface area (Å²) < 4.78 is 50.0. The highest BCUT2D eigenvalue weighted by atomic mass is 19.3. The van der Waals surface area contributed by atoms with E-state index in [4.69, 9.17) is 0 Å². The third-order valence-electron chi connectivity index (χ3n) is 3.19. The van der Waals surface area contributed by atoms with E-state index in [2.05, 4.69) is 0 Å². The van der Waals surface area contributed by atoms with Gasteiger partial charge in [-0.3, -0.25) is 4.79 Å². The van der Waals surface area contributed by atoms with Crippen LogP contribution in [0.1, 0.15) is 33.1 Å². The van der Waals surface area contributed by atoms with Crippen LogP contribution < -0.4 is 0 Å². The smallest absolute Gasteiger partial charge is 0.337 e. The van der Waals surface area contributed by atoms with Gasteiger partial charge in [0.15, 0.2) is 0 Å². The number of hydrogen-bond donors (Lipinski definition) is 0. The van der Waals surface area contributed by atoms with E-state index in [0.717, 1.165) is 11.3 Å². The number of hydrogen-bond acceptors (Lipinski definition) is 1. The van der Waals surface area contributed by atoms with E-state index in [0.29, 0.717) is 12.8 Å². The third-order valence-corrected chi connectivity index (χ3v) is 3.19. The van der Waals surface area contributed by atoms with Gasteiger partial charge in [0.25, 0.3) is 5.91 Å². The van der Waals surface area contributed by atoms with Crippen LogP contribution in [-0.2, 0) is 4.79 Å². The van der Waals surface area contributed by atoms with Crippen LogP contribution >= 0.6 is 0 Å². The van der Waals surface area contributed by atoms with Crippen molar-refractivity contribution in [2.45, 2.75) is 45.5 Å². The van der Waals surface area contributed by atoms with E-state index in [-0.39, 0.29) is 18.5 Å². The molecule has 0 atom stereocenters. The first-order valence-electron chi connectivity index (χ1n) is 5.62. The van der Waals surface area contributed by atoms with Crippen molar-refractivity contribution in [3.05, 3.63) is 0 Å². The average molecular weight is 255 g/mol. The maximum absolute atomic E-state index is 12.9. The van der Waals surface area contributed by atoms with Crippen molar-refractivity contribution in [3.63, 3.8) is 0 Å². The van der Waals surface area contributed by atoms with E-state index < -0.39 is 18.3 Å². The molecule has 1 heterocycles. The van der Waals surface area contributed by atoms with Gasteiger partial charge in [-0.2, -0.15) is 8.78 Å². The Hall–Kier alpha value is -0.810. The van der Waals surface area contributed by atoms with Crippen molar-refractivity contribution >= 4 is 5.91 Å². The molecule has 0 bridgehead atoms. The predicted octanol–water partition coefficient (Wildman–Crippen LogP) is 2.93. The van der Waals surface area contributed by atoms with E-state index in [1.54, 1.807) is 0 Å². The molecule has 1 aliphatic heterocycles. The molecular formula is C11H17F4NO. The summed E-state index contributed by atoms with van der Waals surface area (Å²) in [6.45, 7) is 4.21. The van der Waals surface area contributed by atoms with Crippen molar-refractivity contribution in [1.82, 2.24) is 4.90 Å². The van der Waals surface area contributed by atoms with E-state index >= 15 is 0 Å². The van der Waals surface area contributed by atoms with Gasteiger partial charge in [-0.1, -0.05) is 13.8 Å². The first-order chi connectivity index (χ1) is 7.67. The lowest BCUT2D eigenvalue weighted by Gasteiger charge is -2.26. The fourth-order valence-electron chi connectivity index (χ4n) is 1.93. The maximum Gasteiger partial charge on any atom is 0.383 e. The summed E-state index contributed by atoms with van der Waals surface area (Å²) in [6.07, 6.45) is -2.01. The Labute approximate surface area is 98.0 Å². The first kappa shape index (κ1) is 14.3. The lowest BCUT2D eigenvalue weighted by molar-refractivity contribution is -0.180. The van der Waals surface area contributed by atoms with Gasteiger partial charge in [-0.25, -0.2) is 8.78 Å². The molecule has 0 unspecified atom stereocenters. The standard InChI is InChI=1S/C11H17F4NO/c1-10(2)4-3-6-16(7-5-10)9(17)11(14,15)8(12)13/h8H,3-7H2,1-2H3. The number of amides is 1. The van der Waals surface area contributed by atoms with Crippen molar-refractivity contribution in [3.8, 4) is 0 Å². The molecule has 0 radical (unpaired) electrons. The van der Waals surface area contributed by atoms with Crippen molar-refractivity contribution in [2.75, 3.05) is 13.1 Å². The minimum absolute atomic E-state index is 0.0326. The zero-order valence-corrected chi connectivity index (χ0v) is 9.98. The van der Waals surface area contributed by atoms with Crippen LogP contribution in [0.5, 0.6) is 0 Å². The van der Waals surface area contributed by atoms with Gasteiger partial charge in [0.1, 0.15) is 0 Å². The molecule has 6 heteroatoms. The van der Waals surface area contributed by atoms with Gasteiger partial charge in [0.2, 0.25) is 0 Å². The lowest BCUT2D eigenvalue weighted by atomic mass is 9.85. The monoisotopic (exact) mass is 255 g/mol. The maximum atomic E-state index is 12.9. The van der Waals surface area contributed by atoms with Crippen LogP contribution in [0.15, 0.2) is 0 Å². The van der Waals surface area contributed by atoms with Gasteiger partial charge in [-0.15, -0.1) is 0 Å². The van der Waals surface area contributed by atoms with E-state index in [9.17, 15) is 22.4 Å². The van der Waals surface area contributed by atoms with Crippen molar-refractivity contribution < 1.29 is 22.4 Å². The number of halogens is 4. The molecule has 0 aromatic carbocycles. The Bertz CT molecular complexity index is 291. The molecule has 1 amide bonds. The number of carbonyl (C=O) groups is 1. The molecule has 2 nitrogen and oxygen atoms in total. The van der Waals surface area contributed by atoms with Gasteiger partial charge in [-0.05, 0) is 24.7 Å². The second-order valence-electron chi connectivity index (χ2n) is 5.23. The summed E-state index contributed by atoms with van der Waals surface area (Å²) in [5.41, 5.74) is -0.0326. The molecular weight excluding hydrogens is 238 g/mol. The molecule has 0 N–H and O–H groups in total. The summed E-state index contributed by atoms with van der Waals surface area (Å²) >= 11 is 0. The van der Waals surface area contributed by atoms with Crippen molar-refractivity contribution in [1.29, 1.82) is 0 Å². The fraction of sp³-hybridized carbons (Fsp3) is 0.909. The number of carbonyl (C=O) groups excluding carboxylic acids is 1. The zero-order valence-electron chi connectivity index (χ0n) is 9.98. The highest BCUT2D eigenvalue weighted by Gasteiger charge is 2.51. The molecule has 0 aliphatic carbocycles. The zero-order chi connectivity index (χ0) is 13.3. The Morgan fingerprint density at radius 3 is 2.35 bits per heavy atom. The molecule has 0 saturated carbocycles. The highest BCUT2D eigenvalue weighted by Crippen LogP contribution is 2.32. The largest absolute Gasteiger partial charge is 0.383 e. The predicted molar refractivity (Wildman–Crippen MR) is 55.2 cm³/mol. The van der Waals surface area contributed by atoms with E-state index in [1.807, 2.05) is 13.8 Å². The molecule has 100 valence electrons. The summed E-state index contributed by atoms with van der Waals surface area (Å²) in [5, 5.41) is 0. The second-order valence-corrected chi connectivity index (χ2v) is 5.23. The Morgan fingerprint density at radius 1 is 1.24 bits per heavy atom. The topological polar surface area (TPSA) is 20.3 Å². The first-order valence-corrected chi connectivity index (χ1v) is 5.62. The third kappa shape index (κ3) is 3.33. The SMILES string of the molecule is CC1(C)CCCN(C(=O)C(F)(F)C(F)F)CC1. The van der Waals surface area contributed by atoms with Crippen LogP contribution in [0.3, 0.4) is 0 Å². The molecule has 0 aromatic heterocycles. The number of nitrogens with zero attached hydrogens (tertiary/aromatic N) is 1. The summed E-state index contributed by atoms with van der Waals surface area (Å²) in [5.74, 6) is -6.31. The molecule has 0 spiro atoms. The summed E-state index contributed by atoms with van der Waals surface area (Å²) in [4.78, 5) is 12.2. The Kier molecular flexibility index (Phi) is 4.04. The van der Waals surface area contributed by atoms with Crippen LogP contribution in [-0.4, -0.2) is 36.2 Å². The Morgan fingerprint density at radius 2 is 1.82 bits per heavy atom. The minimum atomic E-state index is -4.56. The molecule has 17 heavy (non-hydrogen) atoms. The lowest BCUT2D eigenvalue weighted by Crippen LogP contribution is -2.48. The van der Waals surface area contributed by atoms with Crippen LogP contribution in [0, 0.1) is 5.41 Å². The van der Waals surface area contributed by atoms with Crippen molar-refractivity contribution in [2.24, 2.45) is 5.41 Å². The van der Waals surface area contributed by atoms with Gasteiger partial charge >= 0.3 is 12.3 Å². The fourth-order valence-corrected chi connectivity index (χ4v) is 1.93. The molecule has 1 aliphatic rings. The average Bonchev–Trinajstić information content (AvgIpc) is 2.38. The molecule has 1 fully saturated rings. The Balaban J connectivity index is 2.71. The summed E-state index contributed by atoms with van der Waals surface area (Å²) in [7, 11) is 0. The number of likely N-dealkylation sites (tertiary alicyclic amines) is 1. The molecule has 0 aromatic rings. The highest BCUT2D eigenvalue weighted by molar-refractivity contribution is 5.84.